The predicted octanol–water partition coefficient (Wildman–Crippen LogP) is 2.88. The SMILES string of the molecule is C=CC(=O)N(C)c1cnc2nc(N3Cc4cnn(C)c4C3)n(Cc3ccccc3)c2c1. The van der Waals surface area contributed by atoms with Crippen molar-refractivity contribution < 1.29 is 4.79 Å². The summed E-state index contributed by atoms with van der Waals surface area (Å²) in [6, 6.07) is 12.2. The molecule has 5 rings (SSSR count). The molecule has 0 saturated heterocycles. The molecular weight excluding hydrogens is 390 g/mol. The Hall–Kier alpha value is -3.94. The second-order valence-electron chi connectivity index (χ2n) is 7.72. The van der Waals surface area contributed by atoms with Crippen LogP contribution in [0.4, 0.5) is 11.6 Å². The first-order valence-corrected chi connectivity index (χ1v) is 10.1. The average molecular weight is 413 g/mol. The van der Waals surface area contributed by atoms with E-state index in [2.05, 4.69) is 38.3 Å². The van der Waals surface area contributed by atoms with Crippen molar-refractivity contribution in [2.75, 3.05) is 16.8 Å². The van der Waals surface area contributed by atoms with Gasteiger partial charge in [-0.3, -0.25) is 9.48 Å². The molecule has 0 fully saturated rings. The van der Waals surface area contributed by atoms with Crippen LogP contribution in [0.2, 0.25) is 0 Å². The molecule has 4 heterocycles. The van der Waals surface area contributed by atoms with E-state index >= 15 is 0 Å². The Morgan fingerprint density at radius 1 is 1.23 bits per heavy atom. The highest BCUT2D eigenvalue weighted by atomic mass is 16.2. The Morgan fingerprint density at radius 2 is 2.03 bits per heavy atom. The summed E-state index contributed by atoms with van der Waals surface area (Å²) in [5, 5.41) is 4.36. The van der Waals surface area contributed by atoms with E-state index in [9.17, 15) is 4.79 Å². The van der Waals surface area contributed by atoms with Gasteiger partial charge in [0, 0.05) is 26.2 Å². The normalized spacial score (nSPS) is 12.9. The van der Waals surface area contributed by atoms with Crippen molar-refractivity contribution in [1.82, 2.24) is 24.3 Å². The number of hydrogen-bond donors (Lipinski definition) is 0. The van der Waals surface area contributed by atoms with Gasteiger partial charge in [0.25, 0.3) is 0 Å². The topological polar surface area (TPSA) is 72.1 Å². The van der Waals surface area contributed by atoms with Gasteiger partial charge in [0.1, 0.15) is 0 Å². The molecular formula is C23H23N7O. The van der Waals surface area contributed by atoms with Crippen molar-refractivity contribution in [2.24, 2.45) is 7.05 Å². The lowest BCUT2D eigenvalue weighted by atomic mass is 10.2. The second-order valence-corrected chi connectivity index (χ2v) is 7.72. The molecule has 1 amide bonds. The van der Waals surface area contributed by atoms with Crippen molar-refractivity contribution in [3.8, 4) is 0 Å². The van der Waals surface area contributed by atoms with Crippen molar-refractivity contribution in [1.29, 1.82) is 0 Å². The molecule has 0 atom stereocenters. The fourth-order valence-electron chi connectivity index (χ4n) is 4.02. The molecule has 4 aromatic rings. The fourth-order valence-corrected chi connectivity index (χ4v) is 4.02. The maximum atomic E-state index is 12.1. The van der Waals surface area contributed by atoms with Crippen LogP contribution in [-0.4, -0.2) is 37.3 Å². The molecule has 156 valence electrons. The summed E-state index contributed by atoms with van der Waals surface area (Å²) in [7, 11) is 3.69. The lowest BCUT2D eigenvalue weighted by Gasteiger charge is -2.19. The summed E-state index contributed by atoms with van der Waals surface area (Å²) in [5.74, 6) is 0.676. The summed E-state index contributed by atoms with van der Waals surface area (Å²) in [6.07, 6.45) is 4.90. The van der Waals surface area contributed by atoms with Gasteiger partial charge in [0.15, 0.2) is 5.65 Å². The van der Waals surface area contributed by atoms with E-state index in [4.69, 9.17) is 4.98 Å². The molecule has 0 spiro atoms. The van der Waals surface area contributed by atoms with Crippen LogP contribution in [0, 0.1) is 0 Å². The Morgan fingerprint density at radius 3 is 2.77 bits per heavy atom. The zero-order valence-electron chi connectivity index (χ0n) is 17.6. The van der Waals surface area contributed by atoms with Crippen LogP contribution in [0.25, 0.3) is 11.2 Å². The molecule has 1 aromatic carbocycles. The Balaban J connectivity index is 1.61. The van der Waals surface area contributed by atoms with Gasteiger partial charge in [-0.2, -0.15) is 10.1 Å². The summed E-state index contributed by atoms with van der Waals surface area (Å²) < 4.78 is 4.10. The number of amides is 1. The van der Waals surface area contributed by atoms with Crippen LogP contribution in [0.5, 0.6) is 0 Å². The van der Waals surface area contributed by atoms with E-state index in [0.717, 1.165) is 24.6 Å². The van der Waals surface area contributed by atoms with E-state index in [1.54, 1.807) is 13.2 Å². The van der Waals surface area contributed by atoms with Gasteiger partial charge in [-0.25, -0.2) is 4.98 Å². The fraction of sp³-hybridized carbons (Fsp3) is 0.217. The number of imidazole rings is 1. The first-order chi connectivity index (χ1) is 15.0. The number of anilines is 2. The van der Waals surface area contributed by atoms with E-state index < -0.39 is 0 Å². The number of carbonyl (C=O) groups excluding carboxylic acids is 1. The number of carbonyl (C=O) groups is 1. The molecule has 0 N–H and O–H groups in total. The molecule has 0 radical (unpaired) electrons. The van der Waals surface area contributed by atoms with Gasteiger partial charge >= 0.3 is 0 Å². The Bertz CT molecular complexity index is 1290. The third kappa shape index (κ3) is 3.26. The highest BCUT2D eigenvalue weighted by molar-refractivity contribution is 6.01. The lowest BCUT2D eigenvalue weighted by Crippen LogP contribution is -2.24. The van der Waals surface area contributed by atoms with E-state index in [1.165, 1.54) is 27.8 Å². The molecule has 0 bridgehead atoms. The van der Waals surface area contributed by atoms with Crippen molar-refractivity contribution >= 4 is 28.7 Å². The number of benzene rings is 1. The highest BCUT2D eigenvalue weighted by Gasteiger charge is 2.27. The number of nitrogens with zero attached hydrogens (tertiary/aromatic N) is 7. The molecule has 1 aliphatic heterocycles. The third-order valence-electron chi connectivity index (χ3n) is 5.78. The van der Waals surface area contributed by atoms with Gasteiger partial charge in [0.2, 0.25) is 11.9 Å². The van der Waals surface area contributed by atoms with Crippen LogP contribution in [0.1, 0.15) is 16.8 Å². The van der Waals surface area contributed by atoms with Gasteiger partial charge in [-0.05, 0) is 17.7 Å². The van der Waals surface area contributed by atoms with Gasteiger partial charge in [0.05, 0.1) is 42.4 Å². The molecule has 8 heteroatoms. The molecule has 0 aliphatic carbocycles. The largest absolute Gasteiger partial charge is 0.332 e. The molecule has 8 nitrogen and oxygen atoms in total. The summed E-state index contributed by atoms with van der Waals surface area (Å²) in [4.78, 5) is 25.3. The maximum absolute atomic E-state index is 12.1. The minimum absolute atomic E-state index is 0.182. The number of pyridine rings is 1. The van der Waals surface area contributed by atoms with E-state index in [-0.39, 0.29) is 5.91 Å². The third-order valence-corrected chi connectivity index (χ3v) is 5.78. The molecule has 31 heavy (non-hydrogen) atoms. The number of rotatable bonds is 5. The Labute approximate surface area is 180 Å². The van der Waals surface area contributed by atoms with Gasteiger partial charge < -0.3 is 14.4 Å². The summed E-state index contributed by atoms with van der Waals surface area (Å²) in [5.41, 5.74) is 5.82. The number of aromatic nitrogens is 5. The van der Waals surface area contributed by atoms with E-state index in [0.29, 0.717) is 17.9 Å². The first kappa shape index (κ1) is 19.0. The van der Waals surface area contributed by atoms with E-state index in [1.807, 2.05) is 42.2 Å². The molecule has 0 unspecified atom stereocenters. The maximum Gasteiger partial charge on any atom is 0.250 e. The summed E-state index contributed by atoms with van der Waals surface area (Å²) >= 11 is 0. The molecule has 3 aromatic heterocycles. The zero-order valence-corrected chi connectivity index (χ0v) is 17.6. The zero-order chi connectivity index (χ0) is 21.5. The lowest BCUT2D eigenvalue weighted by molar-refractivity contribution is -0.113. The first-order valence-electron chi connectivity index (χ1n) is 10.1. The van der Waals surface area contributed by atoms with Crippen LogP contribution in [0.3, 0.4) is 0 Å². The number of fused-ring (bicyclic) bond motifs is 2. The highest BCUT2D eigenvalue weighted by Crippen LogP contribution is 2.31. The quantitative estimate of drug-likeness (QED) is 0.471. The van der Waals surface area contributed by atoms with Gasteiger partial charge in [-0.1, -0.05) is 36.9 Å². The van der Waals surface area contributed by atoms with Crippen LogP contribution in [0.15, 0.2) is 61.4 Å². The minimum atomic E-state index is -0.182. The molecule has 1 aliphatic rings. The minimum Gasteiger partial charge on any atom is -0.332 e. The standard InChI is InChI=1S/C23H23N7O/c1-4-21(31)27(2)18-10-19-22(24-12-18)26-23(30(19)13-16-8-6-5-7-9-16)29-14-17-11-25-28(3)20(17)15-29/h4-12H,1,13-15H2,2-3H3. The smallest absolute Gasteiger partial charge is 0.250 e. The monoisotopic (exact) mass is 413 g/mol. The van der Waals surface area contributed by atoms with Crippen LogP contribution < -0.4 is 9.80 Å². The summed E-state index contributed by atoms with van der Waals surface area (Å²) in [6.45, 7) is 5.73. The van der Waals surface area contributed by atoms with Crippen LogP contribution >= 0.6 is 0 Å². The Kier molecular flexibility index (Phi) is 4.54. The second kappa shape index (κ2) is 7.39. The number of likely N-dealkylation sites (N-methyl/N-ethyl adjacent to an activating group) is 1. The average Bonchev–Trinajstić information content (AvgIpc) is 3.47. The van der Waals surface area contributed by atoms with Crippen molar-refractivity contribution in [3.05, 3.63) is 78.3 Å². The van der Waals surface area contributed by atoms with Gasteiger partial charge in [-0.15, -0.1) is 0 Å². The molecule has 0 saturated carbocycles. The van der Waals surface area contributed by atoms with Crippen LogP contribution in [-0.2, 0) is 31.5 Å². The number of hydrogen-bond acceptors (Lipinski definition) is 5. The van der Waals surface area contributed by atoms with Crippen molar-refractivity contribution in [2.45, 2.75) is 19.6 Å². The van der Waals surface area contributed by atoms with Crippen molar-refractivity contribution in [3.63, 3.8) is 0 Å². The number of aryl methyl sites for hydroxylation is 1. The predicted molar refractivity (Wildman–Crippen MR) is 120 cm³/mol.